The highest BCUT2D eigenvalue weighted by Crippen LogP contribution is 2.35. The van der Waals surface area contributed by atoms with E-state index in [0.29, 0.717) is 0 Å². The van der Waals surface area contributed by atoms with Gasteiger partial charge in [0.1, 0.15) is 10.9 Å². The van der Waals surface area contributed by atoms with Crippen molar-refractivity contribution in [2.45, 2.75) is 9.79 Å². The van der Waals surface area contributed by atoms with Gasteiger partial charge >= 0.3 is 0 Å². The Labute approximate surface area is 188 Å². The predicted molar refractivity (Wildman–Crippen MR) is 130 cm³/mol. The van der Waals surface area contributed by atoms with Crippen molar-refractivity contribution in [1.82, 2.24) is 0 Å². The Morgan fingerprint density at radius 1 is 0.800 bits per heavy atom. The molecule has 0 aliphatic carbocycles. The Morgan fingerprint density at radius 3 is 2.17 bits per heavy atom. The maximum atomic E-state index is 13.3. The maximum Gasteiger partial charge on any atom is 0.123 e. The van der Waals surface area contributed by atoms with E-state index in [0.717, 1.165) is 31.7 Å². The molecule has 0 saturated heterocycles. The number of rotatable bonds is 6. The molecular weight excluding hydrogens is 429 g/mol. The largest absolute Gasteiger partial charge is 0.241 e. The topological polar surface area (TPSA) is 12.4 Å². The minimum Gasteiger partial charge on any atom is -0.241 e. The van der Waals surface area contributed by atoms with Crippen molar-refractivity contribution in [3.63, 3.8) is 0 Å². The lowest BCUT2D eigenvalue weighted by atomic mass is 10.2. The molecule has 0 fully saturated rings. The van der Waals surface area contributed by atoms with Crippen LogP contribution in [0.15, 0.2) is 122 Å². The molecule has 0 aliphatic heterocycles. The standard InChI is InChI=1S/C25H18FNS3/c26-20-11-13-22(14-12-20)29-18-24(19-15-16-28-17-19)25(27-21-7-3-1-4-8-21)30-23-9-5-2-6-10-23/h1-18H/b24-18+,27-25?. The van der Waals surface area contributed by atoms with E-state index in [1.54, 1.807) is 47.0 Å². The lowest BCUT2D eigenvalue weighted by Crippen LogP contribution is -1.97. The number of benzene rings is 3. The molecule has 1 aromatic heterocycles. The number of para-hydroxylation sites is 1. The van der Waals surface area contributed by atoms with Crippen molar-refractivity contribution < 1.29 is 4.39 Å². The van der Waals surface area contributed by atoms with Gasteiger partial charge < -0.3 is 0 Å². The van der Waals surface area contributed by atoms with Gasteiger partial charge in [-0.3, -0.25) is 0 Å². The summed E-state index contributed by atoms with van der Waals surface area (Å²) in [6.07, 6.45) is 0. The summed E-state index contributed by atoms with van der Waals surface area (Å²) >= 11 is 4.86. The molecule has 0 amide bonds. The van der Waals surface area contributed by atoms with Gasteiger partial charge in [-0.25, -0.2) is 9.38 Å². The highest BCUT2D eigenvalue weighted by Gasteiger charge is 2.13. The molecule has 148 valence electrons. The first-order chi connectivity index (χ1) is 14.8. The highest BCUT2D eigenvalue weighted by atomic mass is 32.2. The third-order valence-electron chi connectivity index (χ3n) is 4.13. The fraction of sp³-hybridized carbons (Fsp3) is 0. The van der Waals surface area contributed by atoms with E-state index in [2.05, 4.69) is 34.4 Å². The average molecular weight is 448 g/mol. The van der Waals surface area contributed by atoms with Gasteiger partial charge in [-0.1, -0.05) is 59.9 Å². The van der Waals surface area contributed by atoms with Crippen LogP contribution in [0.5, 0.6) is 0 Å². The molecule has 0 saturated carbocycles. The molecule has 4 rings (SSSR count). The average Bonchev–Trinajstić information content (AvgIpc) is 3.31. The van der Waals surface area contributed by atoms with Crippen LogP contribution in [0.4, 0.5) is 10.1 Å². The molecular formula is C25H18FNS3. The molecule has 1 heterocycles. The normalized spacial score (nSPS) is 12.2. The molecule has 0 bridgehead atoms. The number of halogens is 1. The number of thioether (sulfide) groups is 2. The van der Waals surface area contributed by atoms with Crippen molar-refractivity contribution in [2.24, 2.45) is 4.99 Å². The second-order valence-corrected chi connectivity index (χ2v) is 9.07. The molecule has 1 nitrogen and oxygen atoms in total. The SMILES string of the molecule is Fc1ccc(S/C=C(/C(=Nc2ccccc2)Sc2ccccc2)c2ccsc2)cc1. The fourth-order valence-corrected chi connectivity index (χ4v) is 5.14. The van der Waals surface area contributed by atoms with E-state index >= 15 is 0 Å². The van der Waals surface area contributed by atoms with Crippen LogP contribution in [0, 0.1) is 5.82 Å². The summed E-state index contributed by atoms with van der Waals surface area (Å²) in [4.78, 5) is 7.08. The van der Waals surface area contributed by atoms with E-state index in [-0.39, 0.29) is 5.82 Å². The summed E-state index contributed by atoms with van der Waals surface area (Å²) in [5, 5.41) is 7.22. The second-order valence-electron chi connectivity index (χ2n) is 6.28. The molecule has 0 aliphatic rings. The molecule has 4 aromatic rings. The summed E-state index contributed by atoms with van der Waals surface area (Å²) in [6.45, 7) is 0. The second kappa shape index (κ2) is 10.4. The Kier molecular flexibility index (Phi) is 7.19. The third kappa shape index (κ3) is 5.72. The first kappa shape index (κ1) is 20.7. The van der Waals surface area contributed by atoms with Crippen LogP contribution in [-0.2, 0) is 0 Å². The molecule has 30 heavy (non-hydrogen) atoms. The maximum absolute atomic E-state index is 13.3. The van der Waals surface area contributed by atoms with Gasteiger partial charge in [-0.05, 0) is 76.3 Å². The van der Waals surface area contributed by atoms with Crippen LogP contribution in [-0.4, -0.2) is 5.04 Å². The Bertz CT molecular complexity index is 1120. The van der Waals surface area contributed by atoms with Gasteiger partial charge in [-0.2, -0.15) is 11.3 Å². The van der Waals surface area contributed by atoms with Crippen LogP contribution in [0.3, 0.4) is 0 Å². The van der Waals surface area contributed by atoms with Gasteiger partial charge in [0.2, 0.25) is 0 Å². The van der Waals surface area contributed by atoms with Crippen LogP contribution in [0.2, 0.25) is 0 Å². The number of nitrogens with zero attached hydrogens (tertiary/aromatic N) is 1. The van der Waals surface area contributed by atoms with Gasteiger partial charge in [-0.15, -0.1) is 0 Å². The lowest BCUT2D eigenvalue weighted by Gasteiger charge is -2.11. The smallest absolute Gasteiger partial charge is 0.123 e. The summed E-state index contributed by atoms with van der Waals surface area (Å²) in [7, 11) is 0. The Balaban J connectivity index is 1.75. The van der Waals surface area contributed by atoms with Gasteiger partial charge in [0, 0.05) is 15.4 Å². The molecule has 0 unspecified atom stereocenters. The van der Waals surface area contributed by atoms with E-state index < -0.39 is 0 Å². The zero-order valence-corrected chi connectivity index (χ0v) is 18.4. The molecule has 0 atom stereocenters. The van der Waals surface area contributed by atoms with Gasteiger partial charge in [0.15, 0.2) is 0 Å². The van der Waals surface area contributed by atoms with Crippen molar-refractivity contribution in [1.29, 1.82) is 0 Å². The van der Waals surface area contributed by atoms with Crippen molar-refractivity contribution in [3.05, 3.63) is 119 Å². The van der Waals surface area contributed by atoms with Crippen LogP contribution >= 0.6 is 34.9 Å². The number of thiophene rings is 1. The van der Waals surface area contributed by atoms with Crippen molar-refractivity contribution >= 4 is 51.2 Å². The summed E-state index contributed by atoms with van der Waals surface area (Å²) in [5.74, 6) is -0.229. The number of hydrogen-bond acceptors (Lipinski definition) is 4. The minimum absolute atomic E-state index is 0.229. The van der Waals surface area contributed by atoms with Gasteiger partial charge in [0.05, 0.1) is 5.69 Å². The number of hydrogen-bond donors (Lipinski definition) is 0. The van der Waals surface area contributed by atoms with E-state index in [4.69, 9.17) is 4.99 Å². The minimum atomic E-state index is -0.229. The van der Waals surface area contributed by atoms with Crippen molar-refractivity contribution in [2.75, 3.05) is 0 Å². The predicted octanol–water partition coefficient (Wildman–Crippen LogP) is 8.54. The molecule has 5 heteroatoms. The summed E-state index contributed by atoms with van der Waals surface area (Å²) < 4.78 is 13.3. The monoisotopic (exact) mass is 447 g/mol. The van der Waals surface area contributed by atoms with E-state index in [1.165, 1.54) is 12.1 Å². The molecule has 3 aromatic carbocycles. The molecule has 0 spiro atoms. The Hall–Kier alpha value is -2.60. The van der Waals surface area contributed by atoms with E-state index in [9.17, 15) is 4.39 Å². The van der Waals surface area contributed by atoms with Crippen LogP contribution in [0.1, 0.15) is 5.56 Å². The first-order valence-electron chi connectivity index (χ1n) is 9.30. The molecule has 0 radical (unpaired) electrons. The fourth-order valence-electron chi connectivity index (χ4n) is 2.66. The molecule has 0 N–H and O–H groups in total. The number of aliphatic imine (C=N–C) groups is 1. The highest BCUT2D eigenvalue weighted by molar-refractivity contribution is 8.15. The zero-order valence-electron chi connectivity index (χ0n) is 15.9. The van der Waals surface area contributed by atoms with Crippen LogP contribution in [0.25, 0.3) is 5.57 Å². The quantitative estimate of drug-likeness (QED) is 0.167. The lowest BCUT2D eigenvalue weighted by molar-refractivity contribution is 0.626. The van der Waals surface area contributed by atoms with Crippen LogP contribution < -0.4 is 0 Å². The summed E-state index contributed by atoms with van der Waals surface area (Å²) in [5.41, 5.74) is 3.07. The van der Waals surface area contributed by atoms with E-state index in [1.807, 2.05) is 48.5 Å². The third-order valence-corrected chi connectivity index (χ3v) is 6.73. The van der Waals surface area contributed by atoms with Crippen molar-refractivity contribution in [3.8, 4) is 0 Å². The Morgan fingerprint density at radius 2 is 1.50 bits per heavy atom. The first-order valence-corrected chi connectivity index (χ1v) is 11.9. The zero-order chi connectivity index (χ0) is 20.6. The van der Waals surface area contributed by atoms with Gasteiger partial charge in [0.25, 0.3) is 0 Å². The summed E-state index contributed by atoms with van der Waals surface area (Å²) in [6, 6.07) is 28.9.